The molecule has 0 saturated carbocycles. The van der Waals surface area contributed by atoms with Crippen LogP contribution in [0.25, 0.3) is 0 Å². The molecule has 0 fully saturated rings. The largest absolute Gasteiger partial charge is 0.481 e. The summed E-state index contributed by atoms with van der Waals surface area (Å²) < 4.78 is 0. The Hall–Kier alpha value is -1.12. The number of hydrogen-bond acceptors (Lipinski definition) is 2. The quantitative estimate of drug-likeness (QED) is 0.660. The highest BCUT2D eigenvalue weighted by atomic mass is 16.4. The lowest BCUT2D eigenvalue weighted by atomic mass is 9.78. The summed E-state index contributed by atoms with van der Waals surface area (Å²) >= 11 is 0. The maximum Gasteiger partial charge on any atom is 0.307 e. The van der Waals surface area contributed by atoms with Gasteiger partial charge in [0.2, 0.25) is 0 Å². The summed E-state index contributed by atoms with van der Waals surface area (Å²) in [4.78, 5) is 22.0. The van der Waals surface area contributed by atoms with Gasteiger partial charge in [0, 0.05) is 5.92 Å². The van der Waals surface area contributed by atoms with E-state index in [1.165, 1.54) is 6.92 Å². The van der Waals surface area contributed by atoms with E-state index >= 15 is 0 Å². The van der Waals surface area contributed by atoms with Crippen molar-refractivity contribution in [1.82, 2.24) is 0 Å². The third kappa shape index (κ3) is 2.17. The molecule has 3 heteroatoms. The molecule has 0 bridgehead atoms. The van der Waals surface area contributed by atoms with E-state index in [9.17, 15) is 9.59 Å². The Balaban J connectivity index is 2.83. The molecule has 0 aliphatic heterocycles. The number of allylic oxidation sites excluding steroid dienone is 2. The summed E-state index contributed by atoms with van der Waals surface area (Å²) in [6.07, 6.45) is 3.01. The van der Waals surface area contributed by atoms with Crippen LogP contribution in [0.1, 0.15) is 26.7 Å². The molecule has 1 N–H and O–H groups in total. The number of ketones is 1. The van der Waals surface area contributed by atoms with Crippen molar-refractivity contribution in [1.29, 1.82) is 0 Å². The highest BCUT2D eigenvalue weighted by Crippen LogP contribution is 2.30. The van der Waals surface area contributed by atoms with Gasteiger partial charge in [-0.3, -0.25) is 9.59 Å². The van der Waals surface area contributed by atoms with Crippen molar-refractivity contribution in [2.75, 3.05) is 0 Å². The lowest BCUT2D eigenvalue weighted by molar-refractivity contribution is -0.146. The Morgan fingerprint density at radius 2 is 2.08 bits per heavy atom. The molecule has 2 atom stereocenters. The number of hydrogen-bond donors (Lipinski definition) is 1. The van der Waals surface area contributed by atoms with Crippen molar-refractivity contribution in [3.8, 4) is 0 Å². The fourth-order valence-corrected chi connectivity index (χ4v) is 1.76. The van der Waals surface area contributed by atoms with E-state index in [2.05, 4.69) is 0 Å². The summed E-state index contributed by atoms with van der Waals surface area (Å²) in [6, 6.07) is 0. The van der Waals surface area contributed by atoms with Crippen LogP contribution in [-0.2, 0) is 9.59 Å². The Bertz CT molecular complexity index is 265. The fourth-order valence-electron chi connectivity index (χ4n) is 1.76. The molecule has 0 heterocycles. The molecule has 0 spiro atoms. The summed E-state index contributed by atoms with van der Waals surface area (Å²) in [5, 5.41) is 8.86. The van der Waals surface area contributed by atoms with E-state index in [1.54, 1.807) is 0 Å². The van der Waals surface area contributed by atoms with Gasteiger partial charge in [0.25, 0.3) is 0 Å². The van der Waals surface area contributed by atoms with E-state index in [0.717, 1.165) is 5.57 Å². The van der Waals surface area contributed by atoms with Crippen LogP contribution >= 0.6 is 0 Å². The average Bonchev–Trinajstić information content (AvgIpc) is 2.03. The van der Waals surface area contributed by atoms with Crippen molar-refractivity contribution in [2.45, 2.75) is 26.7 Å². The maximum absolute atomic E-state index is 11.2. The first kappa shape index (κ1) is 9.96. The molecule has 1 aliphatic carbocycles. The van der Waals surface area contributed by atoms with Gasteiger partial charge in [0.1, 0.15) is 5.78 Å². The summed E-state index contributed by atoms with van der Waals surface area (Å²) in [6.45, 7) is 3.41. The number of carbonyl (C=O) groups excluding carboxylic acids is 1. The standard InChI is InChI=1S/C10H14O3/c1-6-3-4-8(10(12)13)9(5-6)7(2)11/h3,8-9H,4-5H2,1-2H3,(H,12,13). The number of rotatable bonds is 2. The van der Waals surface area contributed by atoms with Crippen LogP contribution < -0.4 is 0 Å². The van der Waals surface area contributed by atoms with Crippen molar-refractivity contribution in [3.63, 3.8) is 0 Å². The second-order valence-corrected chi connectivity index (χ2v) is 3.65. The number of aliphatic carboxylic acids is 1. The van der Waals surface area contributed by atoms with Gasteiger partial charge in [-0.05, 0) is 26.7 Å². The van der Waals surface area contributed by atoms with Gasteiger partial charge in [-0.1, -0.05) is 11.6 Å². The Labute approximate surface area is 77.4 Å². The van der Waals surface area contributed by atoms with Crippen molar-refractivity contribution < 1.29 is 14.7 Å². The second-order valence-electron chi connectivity index (χ2n) is 3.65. The zero-order valence-electron chi connectivity index (χ0n) is 7.91. The van der Waals surface area contributed by atoms with Gasteiger partial charge in [0.15, 0.2) is 0 Å². The van der Waals surface area contributed by atoms with E-state index in [0.29, 0.717) is 12.8 Å². The van der Waals surface area contributed by atoms with Crippen molar-refractivity contribution >= 4 is 11.8 Å². The first-order valence-corrected chi connectivity index (χ1v) is 4.41. The van der Waals surface area contributed by atoms with Gasteiger partial charge in [0.05, 0.1) is 5.92 Å². The normalized spacial score (nSPS) is 28.0. The predicted octanol–water partition coefficient (Wildman–Crippen LogP) is 1.63. The van der Waals surface area contributed by atoms with Gasteiger partial charge in [-0.2, -0.15) is 0 Å². The molecule has 1 rings (SSSR count). The third-order valence-electron chi connectivity index (χ3n) is 2.59. The molecule has 0 aromatic carbocycles. The van der Waals surface area contributed by atoms with Crippen LogP contribution in [0.2, 0.25) is 0 Å². The summed E-state index contributed by atoms with van der Waals surface area (Å²) in [7, 11) is 0. The molecule has 0 amide bonds. The fraction of sp³-hybridized carbons (Fsp3) is 0.600. The minimum atomic E-state index is -0.857. The maximum atomic E-state index is 11.2. The Morgan fingerprint density at radius 3 is 2.54 bits per heavy atom. The Morgan fingerprint density at radius 1 is 1.46 bits per heavy atom. The molecule has 0 aromatic heterocycles. The number of carboxylic acid groups (broad SMARTS) is 1. The minimum absolute atomic E-state index is 0.0140. The molecule has 1 aliphatic rings. The first-order chi connectivity index (χ1) is 6.02. The molecule has 3 nitrogen and oxygen atoms in total. The van der Waals surface area contributed by atoms with Crippen LogP contribution in [0, 0.1) is 11.8 Å². The van der Waals surface area contributed by atoms with Gasteiger partial charge in [-0.25, -0.2) is 0 Å². The van der Waals surface area contributed by atoms with Gasteiger partial charge in [-0.15, -0.1) is 0 Å². The number of carboxylic acids is 1. The summed E-state index contributed by atoms with van der Waals surface area (Å²) in [5.41, 5.74) is 1.12. The van der Waals surface area contributed by atoms with Crippen LogP contribution in [0.3, 0.4) is 0 Å². The Kier molecular flexibility index (Phi) is 2.86. The highest BCUT2D eigenvalue weighted by Gasteiger charge is 2.33. The predicted molar refractivity (Wildman–Crippen MR) is 48.3 cm³/mol. The molecular formula is C10H14O3. The molecular weight excluding hydrogens is 168 g/mol. The second kappa shape index (κ2) is 3.73. The van der Waals surface area contributed by atoms with E-state index < -0.39 is 11.9 Å². The molecule has 72 valence electrons. The van der Waals surface area contributed by atoms with E-state index in [-0.39, 0.29) is 11.7 Å². The van der Waals surface area contributed by atoms with E-state index in [1.807, 2.05) is 13.0 Å². The lowest BCUT2D eigenvalue weighted by Gasteiger charge is -2.25. The van der Waals surface area contributed by atoms with Gasteiger partial charge < -0.3 is 5.11 Å². The highest BCUT2D eigenvalue weighted by molar-refractivity contribution is 5.85. The van der Waals surface area contributed by atoms with Gasteiger partial charge >= 0.3 is 5.97 Å². The van der Waals surface area contributed by atoms with Crippen LogP contribution in [0.15, 0.2) is 11.6 Å². The SMILES string of the molecule is CC(=O)C1CC(C)=CCC1C(=O)O. The molecule has 13 heavy (non-hydrogen) atoms. The topological polar surface area (TPSA) is 54.4 Å². The monoisotopic (exact) mass is 182 g/mol. The molecule has 2 unspecified atom stereocenters. The van der Waals surface area contributed by atoms with Crippen molar-refractivity contribution in [2.24, 2.45) is 11.8 Å². The molecule has 0 aromatic rings. The first-order valence-electron chi connectivity index (χ1n) is 4.41. The number of Topliss-reactive ketones (excluding diaryl/α,β-unsaturated/α-hetero) is 1. The number of carbonyl (C=O) groups is 2. The lowest BCUT2D eigenvalue weighted by Crippen LogP contribution is -2.30. The van der Waals surface area contributed by atoms with Crippen LogP contribution in [0.4, 0.5) is 0 Å². The average molecular weight is 182 g/mol. The molecule has 0 radical (unpaired) electrons. The zero-order chi connectivity index (χ0) is 10.0. The zero-order valence-corrected chi connectivity index (χ0v) is 7.91. The summed E-state index contributed by atoms with van der Waals surface area (Å²) in [5.74, 6) is -1.70. The van der Waals surface area contributed by atoms with Crippen molar-refractivity contribution in [3.05, 3.63) is 11.6 Å². The minimum Gasteiger partial charge on any atom is -0.481 e. The third-order valence-corrected chi connectivity index (χ3v) is 2.59. The van der Waals surface area contributed by atoms with E-state index in [4.69, 9.17) is 5.11 Å². The smallest absolute Gasteiger partial charge is 0.307 e. The molecule has 0 saturated heterocycles. The van der Waals surface area contributed by atoms with Crippen LogP contribution in [-0.4, -0.2) is 16.9 Å². The van der Waals surface area contributed by atoms with Crippen LogP contribution in [0.5, 0.6) is 0 Å².